The number of carbonyl (C=O) groups is 1. The number of benzene rings is 3. The fraction of sp³-hybridized carbons (Fsp3) is 0.125. The van der Waals surface area contributed by atoms with Gasteiger partial charge < -0.3 is 10.1 Å². The molecule has 150 valence electrons. The van der Waals surface area contributed by atoms with Crippen LogP contribution in [0.5, 0.6) is 5.75 Å². The largest absolute Gasteiger partial charge is 0.495 e. The Hall–Kier alpha value is -3.93. The first-order valence-electron chi connectivity index (χ1n) is 9.61. The fourth-order valence-corrected chi connectivity index (χ4v) is 3.22. The SMILES string of the molecule is COc1ccccc1NC(=O)c1nc(-c2ccccc2)n(-c2cc(C)ccc2C)n1. The van der Waals surface area contributed by atoms with Gasteiger partial charge in [-0.1, -0.05) is 54.6 Å². The highest BCUT2D eigenvalue weighted by Crippen LogP contribution is 2.26. The number of nitrogens with one attached hydrogen (secondary N) is 1. The van der Waals surface area contributed by atoms with E-state index in [-0.39, 0.29) is 5.82 Å². The van der Waals surface area contributed by atoms with E-state index in [0.29, 0.717) is 17.3 Å². The second-order valence-electron chi connectivity index (χ2n) is 6.98. The molecule has 0 aliphatic heterocycles. The lowest BCUT2D eigenvalue weighted by Gasteiger charge is -2.10. The molecule has 6 heteroatoms. The third kappa shape index (κ3) is 3.80. The number of hydrogen-bond acceptors (Lipinski definition) is 4. The molecule has 0 saturated heterocycles. The molecule has 0 radical (unpaired) electrons. The van der Waals surface area contributed by atoms with Gasteiger partial charge in [-0.2, -0.15) is 0 Å². The molecule has 4 aromatic rings. The summed E-state index contributed by atoms with van der Waals surface area (Å²) >= 11 is 0. The van der Waals surface area contributed by atoms with Crippen LogP contribution < -0.4 is 10.1 Å². The number of nitrogens with zero attached hydrogens (tertiary/aromatic N) is 3. The highest BCUT2D eigenvalue weighted by molar-refractivity contribution is 6.02. The number of ether oxygens (including phenoxy) is 1. The van der Waals surface area contributed by atoms with Crippen LogP contribution in [0.15, 0.2) is 72.8 Å². The number of carbonyl (C=O) groups excluding carboxylic acids is 1. The molecular formula is C24H22N4O2. The van der Waals surface area contributed by atoms with Crippen LogP contribution in [0.2, 0.25) is 0 Å². The zero-order chi connectivity index (χ0) is 21.1. The van der Waals surface area contributed by atoms with E-state index in [2.05, 4.69) is 15.4 Å². The van der Waals surface area contributed by atoms with Crippen molar-refractivity contribution in [3.63, 3.8) is 0 Å². The number of methoxy groups -OCH3 is 1. The first kappa shape index (κ1) is 19.4. The third-order valence-electron chi connectivity index (χ3n) is 4.79. The molecule has 3 aromatic carbocycles. The molecule has 1 heterocycles. The van der Waals surface area contributed by atoms with E-state index in [1.54, 1.807) is 23.9 Å². The van der Waals surface area contributed by atoms with Gasteiger partial charge in [-0.25, -0.2) is 9.67 Å². The van der Waals surface area contributed by atoms with Crippen LogP contribution in [-0.4, -0.2) is 27.8 Å². The second kappa shape index (κ2) is 8.21. The molecule has 0 bridgehead atoms. The van der Waals surface area contributed by atoms with Gasteiger partial charge in [-0.05, 0) is 43.2 Å². The van der Waals surface area contributed by atoms with Crippen LogP contribution >= 0.6 is 0 Å². The Morgan fingerprint density at radius 1 is 0.967 bits per heavy atom. The van der Waals surface area contributed by atoms with Gasteiger partial charge in [0.2, 0.25) is 5.82 Å². The van der Waals surface area contributed by atoms with Gasteiger partial charge in [0.1, 0.15) is 5.75 Å². The normalized spacial score (nSPS) is 10.6. The predicted octanol–water partition coefficient (Wildman–Crippen LogP) is 4.81. The molecule has 1 N–H and O–H groups in total. The maximum atomic E-state index is 13.0. The molecule has 0 atom stereocenters. The molecule has 0 fully saturated rings. The first-order valence-corrected chi connectivity index (χ1v) is 9.61. The minimum atomic E-state index is -0.402. The quantitative estimate of drug-likeness (QED) is 0.524. The van der Waals surface area contributed by atoms with Crippen LogP contribution in [-0.2, 0) is 0 Å². The van der Waals surface area contributed by atoms with Crippen LogP contribution in [0.4, 0.5) is 5.69 Å². The Kier molecular flexibility index (Phi) is 5.30. The van der Waals surface area contributed by atoms with Crippen molar-refractivity contribution in [2.75, 3.05) is 12.4 Å². The minimum absolute atomic E-state index is 0.0839. The van der Waals surface area contributed by atoms with Crippen molar-refractivity contribution in [2.24, 2.45) is 0 Å². The predicted molar refractivity (Wildman–Crippen MR) is 117 cm³/mol. The van der Waals surface area contributed by atoms with Crippen molar-refractivity contribution in [3.05, 3.63) is 89.7 Å². The van der Waals surface area contributed by atoms with Crippen molar-refractivity contribution >= 4 is 11.6 Å². The monoisotopic (exact) mass is 398 g/mol. The summed E-state index contributed by atoms with van der Waals surface area (Å²) in [7, 11) is 1.56. The van der Waals surface area contributed by atoms with Gasteiger partial charge in [-0.3, -0.25) is 4.79 Å². The number of aryl methyl sites for hydroxylation is 2. The van der Waals surface area contributed by atoms with Gasteiger partial charge >= 0.3 is 0 Å². The van der Waals surface area contributed by atoms with Gasteiger partial charge in [0, 0.05) is 5.56 Å². The minimum Gasteiger partial charge on any atom is -0.495 e. The summed E-state index contributed by atoms with van der Waals surface area (Å²) in [6, 6.07) is 23.1. The number of amides is 1. The number of rotatable bonds is 5. The van der Waals surface area contributed by atoms with E-state index in [1.165, 1.54) is 0 Å². The maximum Gasteiger partial charge on any atom is 0.295 e. The Morgan fingerprint density at radius 2 is 1.70 bits per heavy atom. The van der Waals surface area contributed by atoms with E-state index < -0.39 is 5.91 Å². The zero-order valence-electron chi connectivity index (χ0n) is 17.1. The van der Waals surface area contributed by atoms with E-state index in [0.717, 1.165) is 22.4 Å². The Morgan fingerprint density at radius 3 is 2.47 bits per heavy atom. The topological polar surface area (TPSA) is 69.0 Å². The van der Waals surface area contributed by atoms with Crippen LogP contribution in [0, 0.1) is 13.8 Å². The number of hydrogen-bond donors (Lipinski definition) is 1. The van der Waals surface area contributed by atoms with Gasteiger partial charge in [0.05, 0.1) is 18.5 Å². The average Bonchev–Trinajstić information content (AvgIpc) is 3.22. The summed E-state index contributed by atoms with van der Waals surface area (Å²) < 4.78 is 7.05. The lowest BCUT2D eigenvalue weighted by atomic mass is 10.1. The highest BCUT2D eigenvalue weighted by atomic mass is 16.5. The van der Waals surface area contributed by atoms with Crippen LogP contribution in [0.25, 0.3) is 17.1 Å². The summed E-state index contributed by atoms with van der Waals surface area (Å²) in [5.74, 6) is 0.860. The molecule has 1 aromatic heterocycles. The highest BCUT2D eigenvalue weighted by Gasteiger charge is 2.20. The van der Waals surface area contributed by atoms with Crippen molar-refractivity contribution < 1.29 is 9.53 Å². The molecule has 0 aliphatic rings. The lowest BCUT2D eigenvalue weighted by molar-refractivity contribution is 0.101. The number of anilines is 1. The fourth-order valence-electron chi connectivity index (χ4n) is 3.22. The van der Waals surface area contributed by atoms with Gasteiger partial charge in [0.15, 0.2) is 5.82 Å². The van der Waals surface area contributed by atoms with Crippen molar-refractivity contribution in [3.8, 4) is 22.8 Å². The van der Waals surface area contributed by atoms with E-state index in [1.807, 2.05) is 74.5 Å². The average molecular weight is 398 g/mol. The van der Waals surface area contributed by atoms with E-state index in [4.69, 9.17) is 4.74 Å². The molecule has 1 amide bonds. The molecular weight excluding hydrogens is 376 g/mol. The van der Waals surface area contributed by atoms with Gasteiger partial charge in [-0.15, -0.1) is 5.10 Å². The Bertz CT molecular complexity index is 1200. The van der Waals surface area contributed by atoms with Gasteiger partial charge in [0.25, 0.3) is 5.91 Å². The first-order chi connectivity index (χ1) is 14.6. The van der Waals surface area contributed by atoms with E-state index in [9.17, 15) is 4.79 Å². The standard InChI is InChI=1S/C24H22N4O2/c1-16-13-14-17(2)20(15-16)28-23(18-9-5-4-6-10-18)26-22(27-28)24(29)25-19-11-7-8-12-21(19)30-3/h4-15H,1-3H3,(H,25,29). The smallest absolute Gasteiger partial charge is 0.295 e. The molecule has 0 saturated carbocycles. The summed E-state index contributed by atoms with van der Waals surface area (Å²) in [6.45, 7) is 4.04. The summed E-state index contributed by atoms with van der Waals surface area (Å²) in [4.78, 5) is 17.5. The Balaban J connectivity index is 1.79. The van der Waals surface area contributed by atoms with Crippen LogP contribution in [0.3, 0.4) is 0 Å². The Labute approximate surface area is 175 Å². The summed E-state index contributed by atoms with van der Waals surface area (Å²) in [5.41, 5.74) is 4.47. The zero-order valence-corrected chi connectivity index (χ0v) is 17.1. The molecule has 0 unspecified atom stereocenters. The van der Waals surface area contributed by atoms with E-state index >= 15 is 0 Å². The summed E-state index contributed by atoms with van der Waals surface area (Å²) in [6.07, 6.45) is 0. The number of aromatic nitrogens is 3. The van der Waals surface area contributed by atoms with Crippen molar-refractivity contribution in [1.29, 1.82) is 0 Å². The lowest BCUT2D eigenvalue weighted by Crippen LogP contribution is -2.15. The van der Waals surface area contributed by atoms with Crippen molar-refractivity contribution in [2.45, 2.75) is 13.8 Å². The second-order valence-corrected chi connectivity index (χ2v) is 6.98. The van der Waals surface area contributed by atoms with Crippen LogP contribution in [0.1, 0.15) is 21.7 Å². The summed E-state index contributed by atoms with van der Waals surface area (Å²) in [5, 5.41) is 7.41. The molecule has 0 spiro atoms. The maximum absolute atomic E-state index is 13.0. The molecule has 6 nitrogen and oxygen atoms in total. The molecule has 4 rings (SSSR count). The molecule has 30 heavy (non-hydrogen) atoms. The third-order valence-corrected chi connectivity index (χ3v) is 4.79. The van der Waals surface area contributed by atoms with Crippen molar-refractivity contribution in [1.82, 2.24) is 14.8 Å². The number of para-hydroxylation sites is 2. The molecule has 0 aliphatic carbocycles.